The Bertz CT molecular complexity index is 238. The second-order valence-corrected chi connectivity index (χ2v) is 1.98. The first-order chi connectivity index (χ1) is 5.34. The van der Waals surface area contributed by atoms with Crippen LogP contribution in [-0.2, 0) is 4.74 Å². The van der Waals surface area contributed by atoms with Gasteiger partial charge in [-0.1, -0.05) is 6.07 Å². The van der Waals surface area contributed by atoms with E-state index in [2.05, 4.69) is 4.98 Å². The highest BCUT2D eigenvalue weighted by Crippen LogP contribution is 1.95. The summed E-state index contributed by atoms with van der Waals surface area (Å²) in [5, 5.41) is 7.34. The monoisotopic (exact) mass is 186 g/mol. The van der Waals surface area contributed by atoms with E-state index in [0.717, 1.165) is 0 Å². The van der Waals surface area contributed by atoms with Crippen molar-refractivity contribution in [2.24, 2.45) is 0 Å². The lowest BCUT2D eigenvalue weighted by atomic mass is 10.3. The highest BCUT2D eigenvalue weighted by atomic mass is 35.5. The number of rotatable bonds is 2. The Morgan fingerprint density at radius 2 is 2.33 bits per heavy atom. The second-order valence-electron chi connectivity index (χ2n) is 1.98. The Hall–Kier alpha value is -1.09. The third-order valence-electron chi connectivity index (χ3n) is 1.19. The first-order valence-corrected chi connectivity index (χ1v) is 3.47. The highest BCUT2D eigenvalue weighted by Gasteiger charge is 1.99. The molecular weight excluding hydrogens is 176 g/mol. The van der Waals surface area contributed by atoms with Crippen LogP contribution in [0.3, 0.4) is 0 Å². The molecule has 0 aliphatic heterocycles. The molecule has 1 aromatic rings. The second kappa shape index (κ2) is 5.55. The summed E-state index contributed by atoms with van der Waals surface area (Å²) in [7, 11) is 0. The zero-order valence-corrected chi connectivity index (χ0v) is 7.60. The van der Waals surface area contributed by atoms with Crippen LogP contribution in [0.4, 0.5) is 0 Å². The Balaban J connectivity index is 0.00000121. The molecule has 0 radical (unpaired) electrons. The van der Waals surface area contributed by atoms with E-state index in [4.69, 9.17) is 10.1 Å². The number of nitrogens with one attached hydrogen (secondary N) is 1. The lowest BCUT2D eigenvalue weighted by Gasteiger charge is -2.01. The van der Waals surface area contributed by atoms with Crippen LogP contribution in [0, 0.1) is 5.41 Å². The van der Waals surface area contributed by atoms with E-state index in [0.29, 0.717) is 12.3 Å². The van der Waals surface area contributed by atoms with E-state index >= 15 is 0 Å². The molecule has 0 bridgehead atoms. The predicted octanol–water partition coefficient (Wildman–Crippen LogP) is 1.87. The summed E-state index contributed by atoms with van der Waals surface area (Å²) >= 11 is 0. The van der Waals surface area contributed by atoms with Gasteiger partial charge in [0.15, 0.2) is 0 Å². The van der Waals surface area contributed by atoms with Crippen LogP contribution in [0.1, 0.15) is 12.6 Å². The van der Waals surface area contributed by atoms with Gasteiger partial charge in [0.05, 0.1) is 6.61 Å². The topological polar surface area (TPSA) is 46.0 Å². The summed E-state index contributed by atoms with van der Waals surface area (Å²) in [4.78, 5) is 3.95. The van der Waals surface area contributed by atoms with Crippen LogP contribution in [0.5, 0.6) is 0 Å². The van der Waals surface area contributed by atoms with Gasteiger partial charge in [0, 0.05) is 6.20 Å². The van der Waals surface area contributed by atoms with Crippen LogP contribution in [0.15, 0.2) is 24.4 Å². The number of nitrogens with zero attached hydrogens (tertiary/aromatic N) is 1. The largest absolute Gasteiger partial charge is 0.477 e. The molecule has 0 atom stereocenters. The standard InChI is InChI=1S/C8H10N2O.ClH/c1-2-11-8(9)7-5-3-4-6-10-7;/h3-6,9H,2H2,1H3;1H. The van der Waals surface area contributed by atoms with E-state index in [1.54, 1.807) is 12.3 Å². The Kier molecular flexibility index (Phi) is 5.04. The molecule has 1 heterocycles. The molecule has 0 spiro atoms. The minimum Gasteiger partial charge on any atom is -0.477 e. The van der Waals surface area contributed by atoms with Gasteiger partial charge in [-0.05, 0) is 19.1 Å². The van der Waals surface area contributed by atoms with Crippen molar-refractivity contribution in [1.29, 1.82) is 5.41 Å². The van der Waals surface area contributed by atoms with E-state index in [-0.39, 0.29) is 18.3 Å². The summed E-state index contributed by atoms with van der Waals surface area (Å²) in [6.45, 7) is 2.35. The molecule has 0 aromatic carbocycles. The average Bonchev–Trinajstić information content (AvgIpc) is 2.07. The van der Waals surface area contributed by atoms with Crippen molar-refractivity contribution in [3.05, 3.63) is 30.1 Å². The van der Waals surface area contributed by atoms with E-state index in [1.807, 2.05) is 19.1 Å². The van der Waals surface area contributed by atoms with Crippen molar-refractivity contribution >= 4 is 18.3 Å². The molecule has 0 aliphatic rings. The van der Waals surface area contributed by atoms with Crippen molar-refractivity contribution in [3.63, 3.8) is 0 Å². The van der Waals surface area contributed by atoms with E-state index < -0.39 is 0 Å². The predicted molar refractivity (Wildman–Crippen MR) is 49.9 cm³/mol. The normalized spacial score (nSPS) is 8.42. The van der Waals surface area contributed by atoms with Gasteiger partial charge in [0.1, 0.15) is 5.69 Å². The van der Waals surface area contributed by atoms with Crippen molar-refractivity contribution in [2.45, 2.75) is 6.92 Å². The van der Waals surface area contributed by atoms with Gasteiger partial charge >= 0.3 is 0 Å². The van der Waals surface area contributed by atoms with Gasteiger partial charge in [-0.3, -0.25) is 10.4 Å². The first-order valence-electron chi connectivity index (χ1n) is 3.47. The number of ether oxygens (including phenoxy) is 1. The number of hydrogen-bond acceptors (Lipinski definition) is 3. The van der Waals surface area contributed by atoms with Gasteiger partial charge in [-0.25, -0.2) is 0 Å². The molecule has 0 aliphatic carbocycles. The lowest BCUT2D eigenvalue weighted by Crippen LogP contribution is -2.06. The van der Waals surface area contributed by atoms with Gasteiger partial charge < -0.3 is 4.74 Å². The molecule has 4 heteroatoms. The number of hydrogen-bond donors (Lipinski definition) is 1. The molecule has 3 nitrogen and oxygen atoms in total. The maximum absolute atomic E-state index is 7.34. The molecule has 1 aromatic heterocycles. The summed E-state index contributed by atoms with van der Waals surface area (Å²) in [5.41, 5.74) is 0.578. The lowest BCUT2D eigenvalue weighted by molar-refractivity contribution is 0.324. The van der Waals surface area contributed by atoms with Gasteiger partial charge in [0.25, 0.3) is 0 Å². The van der Waals surface area contributed by atoms with Gasteiger partial charge in [0.2, 0.25) is 5.90 Å². The fourth-order valence-electron chi connectivity index (χ4n) is 0.715. The zero-order valence-electron chi connectivity index (χ0n) is 6.78. The molecule has 1 rings (SSSR count). The first kappa shape index (κ1) is 10.9. The fraction of sp³-hybridized carbons (Fsp3) is 0.250. The zero-order chi connectivity index (χ0) is 8.10. The fourth-order valence-corrected chi connectivity index (χ4v) is 0.715. The average molecular weight is 187 g/mol. The smallest absolute Gasteiger partial charge is 0.232 e. The molecule has 1 N–H and O–H groups in total. The van der Waals surface area contributed by atoms with Crippen LogP contribution < -0.4 is 0 Å². The molecule has 0 saturated carbocycles. The number of pyridine rings is 1. The van der Waals surface area contributed by atoms with Crippen LogP contribution >= 0.6 is 12.4 Å². The van der Waals surface area contributed by atoms with Crippen LogP contribution in [-0.4, -0.2) is 17.5 Å². The number of aromatic nitrogens is 1. The highest BCUT2D eigenvalue weighted by molar-refractivity contribution is 5.89. The summed E-state index contributed by atoms with van der Waals surface area (Å²) in [6, 6.07) is 5.39. The van der Waals surface area contributed by atoms with Gasteiger partial charge in [-0.2, -0.15) is 0 Å². The molecule has 0 unspecified atom stereocenters. The van der Waals surface area contributed by atoms with Crippen LogP contribution in [0.2, 0.25) is 0 Å². The van der Waals surface area contributed by atoms with E-state index in [1.165, 1.54) is 0 Å². The summed E-state index contributed by atoms with van der Waals surface area (Å²) in [6.07, 6.45) is 1.64. The van der Waals surface area contributed by atoms with Crippen LogP contribution in [0.25, 0.3) is 0 Å². The van der Waals surface area contributed by atoms with Crippen molar-refractivity contribution in [2.75, 3.05) is 6.61 Å². The van der Waals surface area contributed by atoms with E-state index in [9.17, 15) is 0 Å². The minimum absolute atomic E-state index is 0. The third-order valence-corrected chi connectivity index (χ3v) is 1.19. The quantitative estimate of drug-likeness (QED) is 0.566. The molecule has 0 saturated heterocycles. The van der Waals surface area contributed by atoms with Gasteiger partial charge in [-0.15, -0.1) is 12.4 Å². The molecule has 0 amide bonds. The molecule has 12 heavy (non-hydrogen) atoms. The SMILES string of the molecule is CCOC(=N)c1ccccn1.Cl. The minimum atomic E-state index is 0. The number of halogens is 1. The van der Waals surface area contributed by atoms with Crippen molar-refractivity contribution in [1.82, 2.24) is 4.98 Å². The molecule has 66 valence electrons. The molecule has 0 fully saturated rings. The summed E-state index contributed by atoms with van der Waals surface area (Å²) < 4.78 is 4.95. The molecular formula is C8H11ClN2O. The van der Waals surface area contributed by atoms with Crippen molar-refractivity contribution in [3.8, 4) is 0 Å². The maximum atomic E-state index is 7.34. The maximum Gasteiger partial charge on any atom is 0.232 e. The Labute approximate surface area is 77.7 Å². The third kappa shape index (κ3) is 2.88. The Morgan fingerprint density at radius 1 is 1.58 bits per heavy atom. The Morgan fingerprint density at radius 3 is 2.83 bits per heavy atom. The van der Waals surface area contributed by atoms with Crippen molar-refractivity contribution < 1.29 is 4.74 Å². The summed E-state index contributed by atoms with van der Waals surface area (Å²) in [5.74, 6) is 0.133.